The fourth-order valence-corrected chi connectivity index (χ4v) is 2.47. The van der Waals surface area contributed by atoms with E-state index >= 15 is 0 Å². The second kappa shape index (κ2) is 7.40. The van der Waals surface area contributed by atoms with Gasteiger partial charge in [0.25, 0.3) is 5.56 Å². The molecule has 26 heavy (non-hydrogen) atoms. The molecule has 0 aliphatic heterocycles. The van der Waals surface area contributed by atoms with E-state index in [0.29, 0.717) is 34.0 Å². The zero-order valence-corrected chi connectivity index (χ0v) is 14.2. The molecular weight excluding hydrogens is 332 g/mol. The molecule has 2 aromatic carbocycles. The summed E-state index contributed by atoms with van der Waals surface area (Å²) >= 11 is 0. The lowest BCUT2D eigenvalue weighted by Gasteiger charge is -2.09. The van der Waals surface area contributed by atoms with Crippen molar-refractivity contribution < 1.29 is 9.47 Å². The fourth-order valence-electron chi connectivity index (χ4n) is 2.47. The largest absolute Gasteiger partial charge is 0.493 e. The smallest absolute Gasteiger partial charge is 0.273 e. The lowest BCUT2D eigenvalue weighted by molar-refractivity contribution is 0.355. The first-order chi connectivity index (χ1) is 12.7. The van der Waals surface area contributed by atoms with E-state index in [1.54, 1.807) is 50.6 Å². The van der Waals surface area contributed by atoms with Crippen LogP contribution in [0.5, 0.6) is 11.5 Å². The minimum atomic E-state index is -0.285. The van der Waals surface area contributed by atoms with Crippen LogP contribution in [0.2, 0.25) is 0 Å². The molecule has 3 aromatic rings. The molecule has 0 fully saturated rings. The quantitative estimate of drug-likeness (QED) is 0.692. The fraction of sp³-hybridized carbons (Fsp3) is 0.105. The number of aliphatic imine (C=N–C) groups is 1. The van der Waals surface area contributed by atoms with E-state index in [4.69, 9.17) is 14.7 Å². The van der Waals surface area contributed by atoms with Gasteiger partial charge in [-0.15, -0.1) is 0 Å². The summed E-state index contributed by atoms with van der Waals surface area (Å²) < 4.78 is 10.5. The molecule has 1 aromatic heterocycles. The number of methoxy groups -OCH3 is 2. The van der Waals surface area contributed by atoms with Crippen LogP contribution in [0.25, 0.3) is 11.3 Å². The Balaban J connectivity index is 1.98. The highest BCUT2D eigenvalue weighted by Gasteiger charge is 2.13. The number of rotatable bonds is 5. The van der Waals surface area contributed by atoms with Gasteiger partial charge in [-0.1, -0.05) is 0 Å². The van der Waals surface area contributed by atoms with Crippen LogP contribution < -0.4 is 15.0 Å². The number of nitriles is 1. The van der Waals surface area contributed by atoms with Crippen molar-refractivity contribution in [3.63, 3.8) is 0 Å². The minimum Gasteiger partial charge on any atom is -0.493 e. The molecule has 7 nitrogen and oxygen atoms in total. The van der Waals surface area contributed by atoms with E-state index in [9.17, 15) is 4.79 Å². The van der Waals surface area contributed by atoms with Gasteiger partial charge in [0, 0.05) is 11.8 Å². The van der Waals surface area contributed by atoms with Crippen molar-refractivity contribution in [3.8, 4) is 28.8 Å². The maximum Gasteiger partial charge on any atom is 0.273 e. The van der Waals surface area contributed by atoms with Crippen LogP contribution >= 0.6 is 0 Å². The van der Waals surface area contributed by atoms with Crippen LogP contribution in [0.3, 0.4) is 0 Å². The molecule has 3 rings (SSSR count). The zero-order chi connectivity index (χ0) is 18.5. The maximum atomic E-state index is 12.1. The number of hydrogen-bond acceptors (Lipinski definition) is 5. The summed E-state index contributed by atoms with van der Waals surface area (Å²) in [7, 11) is 3.11. The summed E-state index contributed by atoms with van der Waals surface area (Å²) in [6.07, 6.45) is 1.49. The first-order valence-electron chi connectivity index (χ1n) is 7.73. The number of hydrogen-bond donors (Lipinski definition) is 2. The number of ether oxygens (including phenoxy) is 2. The van der Waals surface area contributed by atoms with Gasteiger partial charge >= 0.3 is 0 Å². The van der Waals surface area contributed by atoms with Crippen LogP contribution in [0.4, 0.5) is 5.69 Å². The van der Waals surface area contributed by atoms with Gasteiger partial charge in [0.15, 0.2) is 11.5 Å². The Kier molecular flexibility index (Phi) is 4.85. The Hall–Kier alpha value is -3.79. The molecule has 0 bridgehead atoms. The predicted molar refractivity (Wildman–Crippen MR) is 98.4 cm³/mol. The molecule has 0 radical (unpaired) electrons. The number of nitrogens with one attached hydrogen (secondary N) is 2. The lowest BCUT2D eigenvalue weighted by Crippen LogP contribution is -2.05. The Morgan fingerprint density at radius 1 is 1.04 bits per heavy atom. The van der Waals surface area contributed by atoms with Gasteiger partial charge in [0.2, 0.25) is 0 Å². The van der Waals surface area contributed by atoms with Crippen molar-refractivity contribution in [3.05, 3.63) is 63.9 Å². The number of H-pyrrole nitrogens is 2. The zero-order valence-electron chi connectivity index (χ0n) is 14.2. The molecule has 2 N–H and O–H groups in total. The summed E-state index contributed by atoms with van der Waals surface area (Å²) in [6, 6.07) is 14.2. The summed E-state index contributed by atoms with van der Waals surface area (Å²) in [5, 5.41) is 14.3. The van der Waals surface area contributed by atoms with Crippen LogP contribution in [0, 0.1) is 11.3 Å². The van der Waals surface area contributed by atoms with Crippen molar-refractivity contribution in [2.24, 2.45) is 4.99 Å². The van der Waals surface area contributed by atoms with Gasteiger partial charge in [0.1, 0.15) is 0 Å². The Morgan fingerprint density at radius 3 is 2.42 bits per heavy atom. The summed E-state index contributed by atoms with van der Waals surface area (Å²) in [6.45, 7) is 0. The van der Waals surface area contributed by atoms with Crippen LogP contribution in [0.15, 0.2) is 52.3 Å². The predicted octanol–water partition coefficient (Wildman–Crippen LogP) is 3.01. The average Bonchev–Trinajstić information content (AvgIpc) is 3.06. The third-order valence-corrected chi connectivity index (χ3v) is 3.83. The van der Waals surface area contributed by atoms with E-state index in [1.807, 2.05) is 12.1 Å². The molecule has 0 spiro atoms. The normalized spacial score (nSPS) is 10.7. The molecule has 0 unspecified atom stereocenters. The Bertz CT molecular complexity index is 1040. The first-order valence-corrected chi connectivity index (χ1v) is 7.73. The maximum absolute atomic E-state index is 12.1. The van der Waals surface area contributed by atoms with Gasteiger partial charge in [-0.2, -0.15) is 5.26 Å². The molecule has 0 saturated carbocycles. The summed E-state index contributed by atoms with van der Waals surface area (Å²) in [4.78, 5) is 16.5. The van der Waals surface area contributed by atoms with Crippen LogP contribution in [-0.2, 0) is 0 Å². The van der Waals surface area contributed by atoms with E-state index in [1.165, 1.54) is 6.21 Å². The van der Waals surface area contributed by atoms with Gasteiger partial charge in [-0.3, -0.25) is 20.0 Å². The molecule has 130 valence electrons. The molecular formula is C19H16N4O3. The highest BCUT2D eigenvalue weighted by atomic mass is 16.5. The molecule has 0 amide bonds. The number of nitrogens with zero attached hydrogens (tertiary/aromatic N) is 2. The number of benzene rings is 2. The van der Waals surface area contributed by atoms with Gasteiger partial charge in [0.05, 0.1) is 42.8 Å². The van der Waals surface area contributed by atoms with E-state index in [-0.39, 0.29) is 5.56 Å². The Morgan fingerprint density at radius 2 is 1.77 bits per heavy atom. The van der Waals surface area contributed by atoms with Gasteiger partial charge in [-0.25, -0.2) is 0 Å². The molecule has 7 heteroatoms. The minimum absolute atomic E-state index is 0.285. The summed E-state index contributed by atoms with van der Waals surface area (Å²) in [5.74, 6) is 1.16. The molecule has 0 aliphatic rings. The standard InChI is InChI=1S/C19H16N4O3/c1-25-16-8-5-13(9-17(16)26-2)18-15(19(24)23-22-18)11-21-14-6-3-12(10-20)4-7-14/h3-9,11H,1-2H3,(H2,22,23,24). The first kappa shape index (κ1) is 17.0. The van der Waals surface area contributed by atoms with Crippen LogP contribution in [0.1, 0.15) is 11.1 Å². The van der Waals surface area contributed by atoms with E-state index in [0.717, 1.165) is 5.56 Å². The van der Waals surface area contributed by atoms with Crippen molar-refractivity contribution >= 4 is 11.9 Å². The van der Waals surface area contributed by atoms with Crippen molar-refractivity contribution in [1.82, 2.24) is 10.2 Å². The summed E-state index contributed by atoms with van der Waals surface area (Å²) in [5.41, 5.74) is 2.64. The SMILES string of the molecule is COc1ccc(-c2[nH][nH]c(=O)c2C=Nc2ccc(C#N)cc2)cc1OC. The lowest BCUT2D eigenvalue weighted by atomic mass is 10.1. The van der Waals surface area contributed by atoms with E-state index in [2.05, 4.69) is 15.2 Å². The highest BCUT2D eigenvalue weighted by molar-refractivity contribution is 5.90. The second-order valence-electron chi connectivity index (χ2n) is 5.35. The average molecular weight is 348 g/mol. The van der Waals surface area contributed by atoms with Crippen molar-refractivity contribution in [2.75, 3.05) is 14.2 Å². The Labute approximate surface area is 149 Å². The highest BCUT2D eigenvalue weighted by Crippen LogP contribution is 2.32. The van der Waals surface area contributed by atoms with Gasteiger partial charge < -0.3 is 9.47 Å². The van der Waals surface area contributed by atoms with Crippen LogP contribution in [-0.4, -0.2) is 30.6 Å². The number of aromatic amines is 2. The van der Waals surface area contributed by atoms with E-state index < -0.39 is 0 Å². The van der Waals surface area contributed by atoms with Crippen molar-refractivity contribution in [2.45, 2.75) is 0 Å². The molecule has 0 aliphatic carbocycles. The topological polar surface area (TPSA) is 103 Å². The second-order valence-corrected chi connectivity index (χ2v) is 5.35. The third kappa shape index (κ3) is 3.35. The third-order valence-electron chi connectivity index (χ3n) is 3.83. The molecule has 1 heterocycles. The molecule has 0 saturated heterocycles. The monoisotopic (exact) mass is 348 g/mol. The van der Waals surface area contributed by atoms with Crippen molar-refractivity contribution in [1.29, 1.82) is 5.26 Å². The van der Waals surface area contributed by atoms with Gasteiger partial charge in [-0.05, 0) is 42.5 Å². The number of aromatic nitrogens is 2. The molecule has 0 atom stereocenters.